The van der Waals surface area contributed by atoms with Crippen molar-refractivity contribution in [3.8, 4) is 0 Å². The molecule has 7 nitrogen and oxygen atoms in total. The highest BCUT2D eigenvalue weighted by atomic mass is 32.1. The number of benzene rings is 1. The Bertz CT molecular complexity index is 641. The minimum Gasteiger partial charge on any atom is -0.338 e. The van der Waals surface area contributed by atoms with Gasteiger partial charge in [0.05, 0.1) is 15.1 Å². The fourth-order valence-corrected chi connectivity index (χ4v) is 2.49. The molecule has 0 aliphatic heterocycles. The van der Waals surface area contributed by atoms with Crippen LogP contribution in [0.5, 0.6) is 0 Å². The lowest BCUT2D eigenvalue weighted by atomic mass is 10.3. The predicted octanol–water partition coefficient (Wildman–Crippen LogP) is 3.13. The fourth-order valence-electron chi connectivity index (χ4n) is 1.60. The van der Waals surface area contributed by atoms with Crippen molar-refractivity contribution >= 4 is 38.4 Å². The number of carbonyl (C=O) groups is 1. The van der Waals surface area contributed by atoms with Gasteiger partial charge in [-0.15, -0.1) is 0 Å². The van der Waals surface area contributed by atoms with Crippen molar-refractivity contribution in [2.24, 2.45) is 0 Å². The maximum atomic E-state index is 11.6. The lowest BCUT2D eigenvalue weighted by molar-refractivity contribution is -0.384. The summed E-state index contributed by atoms with van der Waals surface area (Å²) in [5.41, 5.74) is 0.643. The number of carbonyl (C=O) groups excluding carboxylic acids is 1. The van der Waals surface area contributed by atoms with Gasteiger partial charge in [-0.2, -0.15) is 0 Å². The van der Waals surface area contributed by atoms with Gasteiger partial charge in [0.25, 0.3) is 5.69 Å². The molecular weight excluding hydrogens is 280 g/mol. The van der Waals surface area contributed by atoms with Gasteiger partial charge in [-0.05, 0) is 12.5 Å². The Balaban J connectivity index is 2.08. The van der Waals surface area contributed by atoms with Crippen LogP contribution in [0.3, 0.4) is 0 Å². The van der Waals surface area contributed by atoms with Crippen LogP contribution >= 0.6 is 11.3 Å². The molecule has 1 aromatic carbocycles. The van der Waals surface area contributed by atoms with Gasteiger partial charge in [0, 0.05) is 18.7 Å². The number of thiazole rings is 1. The summed E-state index contributed by atoms with van der Waals surface area (Å²) in [5.74, 6) is 0. The van der Waals surface area contributed by atoms with E-state index in [1.165, 1.54) is 23.5 Å². The Morgan fingerprint density at radius 1 is 1.50 bits per heavy atom. The van der Waals surface area contributed by atoms with E-state index in [0.717, 1.165) is 12.8 Å². The van der Waals surface area contributed by atoms with Crippen molar-refractivity contribution < 1.29 is 9.72 Å². The molecule has 1 heterocycles. The van der Waals surface area contributed by atoms with Crippen molar-refractivity contribution in [2.45, 2.75) is 19.8 Å². The highest BCUT2D eigenvalue weighted by Crippen LogP contribution is 2.28. The minimum atomic E-state index is -0.455. The first-order chi connectivity index (χ1) is 9.60. The van der Waals surface area contributed by atoms with Gasteiger partial charge < -0.3 is 5.32 Å². The molecule has 0 aliphatic rings. The number of unbranched alkanes of at least 4 members (excludes halogenated alkanes) is 1. The van der Waals surface area contributed by atoms with E-state index in [-0.39, 0.29) is 11.7 Å². The van der Waals surface area contributed by atoms with Crippen LogP contribution < -0.4 is 10.6 Å². The van der Waals surface area contributed by atoms with Gasteiger partial charge in [0.15, 0.2) is 5.13 Å². The number of urea groups is 1. The standard InChI is InChI=1S/C12H14N4O3S/c1-2-3-6-13-11(17)15-12-14-9-5-4-8(16(18)19)7-10(9)20-12/h4-5,7H,2-3,6H2,1H3,(H2,13,14,15,17). The average molecular weight is 294 g/mol. The molecule has 106 valence electrons. The number of amides is 2. The summed E-state index contributed by atoms with van der Waals surface area (Å²) in [7, 11) is 0. The molecule has 0 saturated heterocycles. The number of nitro groups is 1. The lowest BCUT2D eigenvalue weighted by Crippen LogP contribution is -2.29. The SMILES string of the molecule is CCCCNC(=O)Nc1nc2ccc([N+](=O)[O-])cc2s1. The molecule has 2 aromatic rings. The largest absolute Gasteiger partial charge is 0.338 e. The van der Waals surface area contributed by atoms with Crippen molar-refractivity contribution in [3.63, 3.8) is 0 Å². The molecule has 0 saturated carbocycles. The zero-order chi connectivity index (χ0) is 14.5. The lowest BCUT2D eigenvalue weighted by Gasteiger charge is -2.03. The molecule has 20 heavy (non-hydrogen) atoms. The second kappa shape index (κ2) is 6.29. The van der Waals surface area contributed by atoms with Crippen LogP contribution in [0, 0.1) is 10.1 Å². The molecule has 0 spiro atoms. The predicted molar refractivity (Wildman–Crippen MR) is 78.2 cm³/mol. The number of hydrogen-bond donors (Lipinski definition) is 2. The number of nitrogens with one attached hydrogen (secondary N) is 2. The van der Waals surface area contributed by atoms with E-state index >= 15 is 0 Å². The fraction of sp³-hybridized carbons (Fsp3) is 0.333. The van der Waals surface area contributed by atoms with Crippen LogP contribution in [0.25, 0.3) is 10.2 Å². The molecule has 0 fully saturated rings. The first kappa shape index (κ1) is 14.2. The van der Waals surface area contributed by atoms with E-state index in [1.807, 2.05) is 6.92 Å². The van der Waals surface area contributed by atoms with E-state index < -0.39 is 4.92 Å². The molecule has 2 N–H and O–H groups in total. The third kappa shape index (κ3) is 3.41. The molecule has 0 aliphatic carbocycles. The average Bonchev–Trinajstić information content (AvgIpc) is 2.79. The summed E-state index contributed by atoms with van der Waals surface area (Å²) >= 11 is 1.21. The van der Waals surface area contributed by atoms with E-state index in [9.17, 15) is 14.9 Å². The number of aromatic nitrogens is 1. The number of non-ortho nitro benzene ring substituents is 1. The molecule has 2 rings (SSSR count). The molecular formula is C12H14N4O3S. The van der Waals surface area contributed by atoms with Crippen LogP contribution in [0.4, 0.5) is 15.6 Å². The molecule has 0 atom stereocenters. The third-order valence-corrected chi connectivity index (χ3v) is 3.55. The number of nitrogens with zero attached hydrogens (tertiary/aromatic N) is 2. The van der Waals surface area contributed by atoms with Crippen LogP contribution in [0.1, 0.15) is 19.8 Å². The zero-order valence-corrected chi connectivity index (χ0v) is 11.7. The Kier molecular flexibility index (Phi) is 4.46. The molecule has 0 unspecified atom stereocenters. The number of fused-ring (bicyclic) bond motifs is 1. The Morgan fingerprint density at radius 3 is 3.00 bits per heavy atom. The Hall–Kier alpha value is -2.22. The molecule has 2 amide bonds. The van der Waals surface area contributed by atoms with Crippen LogP contribution in [-0.2, 0) is 0 Å². The number of hydrogen-bond acceptors (Lipinski definition) is 5. The van der Waals surface area contributed by atoms with Gasteiger partial charge in [0.1, 0.15) is 0 Å². The van der Waals surface area contributed by atoms with Gasteiger partial charge >= 0.3 is 6.03 Å². The topological polar surface area (TPSA) is 97.2 Å². The maximum Gasteiger partial charge on any atom is 0.321 e. The first-order valence-corrected chi connectivity index (χ1v) is 7.01. The Morgan fingerprint density at radius 2 is 2.30 bits per heavy atom. The summed E-state index contributed by atoms with van der Waals surface area (Å²) in [6.07, 6.45) is 1.92. The van der Waals surface area contributed by atoms with Gasteiger partial charge in [-0.3, -0.25) is 15.4 Å². The highest BCUT2D eigenvalue weighted by Gasteiger charge is 2.11. The van der Waals surface area contributed by atoms with Crippen molar-refractivity contribution in [1.29, 1.82) is 0 Å². The summed E-state index contributed by atoms with van der Waals surface area (Å²) in [6, 6.07) is 4.11. The molecule has 8 heteroatoms. The molecule has 1 aromatic heterocycles. The van der Waals surface area contributed by atoms with Gasteiger partial charge in [-0.25, -0.2) is 9.78 Å². The van der Waals surface area contributed by atoms with Crippen LogP contribution in [0.15, 0.2) is 18.2 Å². The van der Waals surface area contributed by atoms with Gasteiger partial charge in [-0.1, -0.05) is 24.7 Å². The smallest absolute Gasteiger partial charge is 0.321 e. The minimum absolute atomic E-state index is 0.0140. The summed E-state index contributed by atoms with van der Waals surface area (Å²) in [6.45, 7) is 2.65. The van der Waals surface area contributed by atoms with Crippen LogP contribution in [-0.4, -0.2) is 22.5 Å². The normalized spacial score (nSPS) is 10.4. The number of rotatable bonds is 5. The van der Waals surface area contributed by atoms with E-state index in [0.29, 0.717) is 21.9 Å². The molecule has 0 bridgehead atoms. The second-order valence-electron chi connectivity index (χ2n) is 4.16. The van der Waals surface area contributed by atoms with E-state index in [4.69, 9.17) is 0 Å². The summed E-state index contributed by atoms with van der Waals surface area (Å²) in [4.78, 5) is 26.0. The number of anilines is 1. The first-order valence-electron chi connectivity index (χ1n) is 6.20. The van der Waals surface area contributed by atoms with Crippen molar-refractivity contribution in [1.82, 2.24) is 10.3 Å². The van der Waals surface area contributed by atoms with Crippen molar-refractivity contribution in [2.75, 3.05) is 11.9 Å². The zero-order valence-electron chi connectivity index (χ0n) is 10.9. The molecule has 0 radical (unpaired) electrons. The number of nitro benzene ring substituents is 1. The van der Waals surface area contributed by atoms with Crippen molar-refractivity contribution in [3.05, 3.63) is 28.3 Å². The second-order valence-corrected chi connectivity index (χ2v) is 5.19. The Labute approximate surface area is 119 Å². The summed E-state index contributed by atoms with van der Waals surface area (Å²) in [5, 5.41) is 16.5. The van der Waals surface area contributed by atoms with Gasteiger partial charge in [0.2, 0.25) is 0 Å². The monoisotopic (exact) mass is 294 g/mol. The van der Waals surface area contributed by atoms with E-state index in [2.05, 4.69) is 15.6 Å². The van der Waals surface area contributed by atoms with E-state index in [1.54, 1.807) is 6.07 Å². The third-order valence-electron chi connectivity index (χ3n) is 2.62. The highest BCUT2D eigenvalue weighted by molar-refractivity contribution is 7.22. The van der Waals surface area contributed by atoms with Crippen LogP contribution in [0.2, 0.25) is 0 Å². The quantitative estimate of drug-likeness (QED) is 0.503. The maximum absolute atomic E-state index is 11.6. The summed E-state index contributed by atoms with van der Waals surface area (Å²) < 4.78 is 0.669.